The molecule has 3 rings (SSSR count). The summed E-state index contributed by atoms with van der Waals surface area (Å²) in [6, 6.07) is 8.87. The molecule has 26 heavy (non-hydrogen) atoms. The second kappa shape index (κ2) is 8.09. The minimum absolute atomic E-state index is 0.134. The number of hydrazone groups is 1. The largest absolute Gasteiger partial charge is 0.448 e. The quantitative estimate of drug-likeness (QED) is 0.747. The Kier molecular flexibility index (Phi) is 5.62. The number of anilines is 1. The predicted molar refractivity (Wildman–Crippen MR) is 93.6 cm³/mol. The lowest BCUT2D eigenvalue weighted by molar-refractivity contribution is -0.156. The van der Waals surface area contributed by atoms with Gasteiger partial charge in [-0.05, 0) is 19.1 Å². The molecule has 138 valence electrons. The summed E-state index contributed by atoms with van der Waals surface area (Å²) in [6.45, 7) is 3.47. The molecule has 2 heterocycles. The highest BCUT2D eigenvalue weighted by Gasteiger charge is 2.30. The van der Waals surface area contributed by atoms with Gasteiger partial charge in [-0.2, -0.15) is 5.10 Å². The highest BCUT2D eigenvalue weighted by atomic mass is 16.5. The number of rotatable bonds is 4. The Hall–Kier alpha value is -2.74. The van der Waals surface area contributed by atoms with E-state index in [2.05, 4.69) is 5.10 Å². The van der Waals surface area contributed by atoms with E-state index >= 15 is 0 Å². The summed E-state index contributed by atoms with van der Waals surface area (Å²) in [5.74, 6) is -1.12. The van der Waals surface area contributed by atoms with Gasteiger partial charge in [0.05, 0.1) is 18.9 Å². The number of hydrogen-bond acceptors (Lipinski definition) is 6. The fourth-order valence-electron chi connectivity index (χ4n) is 2.79. The van der Waals surface area contributed by atoms with E-state index in [1.54, 1.807) is 36.1 Å². The molecule has 0 aromatic heterocycles. The molecule has 0 radical (unpaired) electrons. The van der Waals surface area contributed by atoms with Crippen LogP contribution in [0.5, 0.6) is 0 Å². The Labute approximate surface area is 151 Å². The first kappa shape index (κ1) is 18.1. The van der Waals surface area contributed by atoms with E-state index in [1.165, 1.54) is 5.01 Å². The van der Waals surface area contributed by atoms with Crippen LogP contribution in [-0.2, 0) is 23.9 Å². The van der Waals surface area contributed by atoms with Crippen molar-refractivity contribution in [2.24, 2.45) is 5.10 Å². The van der Waals surface area contributed by atoms with Crippen molar-refractivity contribution < 1.29 is 23.9 Å². The minimum Gasteiger partial charge on any atom is -0.448 e. The zero-order valence-corrected chi connectivity index (χ0v) is 14.6. The zero-order valence-electron chi connectivity index (χ0n) is 14.6. The number of benzene rings is 1. The van der Waals surface area contributed by atoms with Gasteiger partial charge in [0.2, 0.25) is 5.91 Å². The van der Waals surface area contributed by atoms with E-state index < -0.39 is 12.1 Å². The first-order chi connectivity index (χ1) is 12.6. The summed E-state index contributed by atoms with van der Waals surface area (Å²) in [5.41, 5.74) is 0.718. The monoisotopic (exact) mass is 359 g/mol. The second-order valence-electron chi connectivity index (χ2n) is 6.07. The van der Waals surface area contributed by atoms with Gasteiger partial charge in [0.1, 0.15) is 5.71 Å². The van der Waals surface area contributed by atoms with E-state index in [4.69, 9.17) is 9.47 Å². The van der Waals surface area contributed by atoms with Crippen molar-refractivity contribution in [2.75, 3.05) is 31.3 Å². The van der Waals surface area contributed by atoms with Gasteiger partial charge >= 0.3 is 5.97 Å². The molecule has 0 saturated carbocycles. The molecule has 8 nitrogen and oxygen atoms in total. The van der Waals surface area contributed by atoms with Crippen molar-refractivity contribution in [1.82, 2.24) is 4.90 Å². The topological polar surface area (TPSA) is 88.5 Å². The summed E-state index contributed by atoms with van der Waals surface area (Å²) in [7, 11) is 0. The average molecular weight is 359 g/mol. The van der Waals surface area contributed by atoms with Crippen molar-refractivity contribution in [1.29, 1.82) is 0 Å². The molecule has 2 aliphatic rings. The van der Waals surface area contributed by atoms with Crippen molar-refractivity contribution in [3.63, 3.8) is 0 Å². The van der Waals surface area contributed by atoms with E-state index in [-0.39, 0.29) is 30.4 Å². The summed E-state index contributed by atoms with van der Waals surface area (Å²) < 4.78 is 10.5. The number of esters is 1. The summed E-state index contributed by atoms with van der Waals surface area (Å²) in [6.07, 6.45) is -0.556. The number of para-hydroxylation sites is 1. The molecule has 2 aliphatic heterocycles. The molecular weight excluding hydrogens is 338 g/mol. The van der Waals surface area contributed by atoms with Crippen LogP contribution in [0.3, 0.4) is 0 Å². The standard InChI is InChI=1S/C18H21N3O5/c1-13(17(23)20-9-11-25-12-10-20)26-18(24)15-7-8-16(22)21(19-15)14-5-3-2-4-6-14/h2-6,13H,7-12H2,1H3. The van der Waals surface area contributed by atoms with Crippen LogP contribution in [0.2, 0.25) is 0 Å². The molecule has 1 aromatic carbocycles. The molecule has 1 aromatic rings. The van der Waals surface area contributed by atoms with Gasteiger partial charge < -0.3 is 14.4 Å². The number of amides is 2. The van der Waals surface area contributed by atoms with E-state index in [0.717, 1.165) is 0 Å². The molecule has 8 heteroatoms. The lowest BCUT2D eigenvalue weighted by Gasteiger charge is -2.29. The Bertz CT molecular complexity index is 713. The van der Waals surface area contributed by atoms with Gasteiger partial charge in [0.15, 0.2) is 6.10 Å². The third-order valence-electron chi connectivity index (χ3n) is 4.22. The van der Waals surface area contributed by atoms with Gasteiger partial charge in [0, 0.05) is 25.9 Å². The molecule has 2 amide bonds. The maximum atomic E-state index is 12.4. The van der Waals surface area contributed by atoms with Crippen LogP contribution in [-0.4, -0.2) is 60.8 Å². The van der Waals surface area contributed by atoms with E-state index in [0.29, 0.717) is 32.0 Å². The lowest BCUT2D eigenvalue weighted by atomic mass is 10.1. The molecule has 0 bridgehead atoms. The Morgan fingerprint density at radius 2 is 1.85 bits per heavy atom. The minimum atomic E-state index is -0.911. The fourth-order valence-corrected chi connectivity index (χ4v) is 2.79. The Morgan fingerprint density at radius 1 is 1.15 bits per heavy atom. The number of hydrogen-bond donors (Lipinski definition) is 0. The maximum Gasteiger partial charge on any atom is 0.355 e. The molecule has 0 N–H and O–H groups in total. The van der Waals surface area contributed by atoms with Crippen LogP contribution < -0.4 is 5.01 Å². The molecular formula is C18H21N3O5. The van der Waals surface area contributed by atoms with Crippen molar-refractivity contribution in [3.05, 3.63) is 30.3 Å². The van der Waals surface area contributed by atoms with Crippen LogP contribution in [0.25, 0.3) is 0 Å². The highest BCUT2D eigenvalue weighted by molar-refractivity contribution is 6.38. The van der Waals surface area contributed by atoms with Crippen molar-refractivity contribution >= 4 is 29.2 Å². The molecule has 1 fully saturated rings. The number of carbonyl (C=O) groups excluding carboxylic acids is 3. The summed E-state index contributed by atoms with van der Waals surface area (Å²) in [4.78, 5) is 38.4. The maximum absolute atomic E-state index is 12.4. The van der Waals surface area contributed by atoms with Gasteiger partial charge in [-0.15, -0.1) is 0 Å². The van der Waals surface area contributed by atoms with Crippen molar-refractivity contribution in [2.45, 2.75) is 25.9 Å². The van der Waals surface area contributed by atoms with Crippen molar-refractivity contribution in [3.8, 4) is 0 Å². The third-order valence-corrected chi connectivity index (χ3v) is 4.22. The summed E-state index contributed by atoms with van der Waals surface area (Å²) in [5, 5.41) is 5.34. The SMILES string of the molecule is CC(OC(=O)C1=NN(c2ccccc2)C(=O)CC1)C(=O)N1CCOCC1. The summed E-state index contributed by atoms with van der Waals surface area (Å²) >= 11 is 0. The first-order valence-electron chi connectivity index (χ1n) is 8.59. The third kappa shape index (κ3) is 4.08. The zero-order chi connectivity index (χ0) is 18.5. The van der Waals surface area contributed by atoms with Crippen LogP contribution in [0.1, 0.15) is 19.8 Å². The van der Waals surface area contributed by atoms with Gasteiger partial charge in [0.25, 0.3) is 5.91 Å². The predicted octanol–water partition coefficient (Wildman–Crippen LogP) is 0.960. The van der Waals surface area contributed by atoms with Gasteiger partial charge in [-0.3, -0.25) is 9.59 Å². The molecule has 1 atom stereocenters. The van der Waals surface area contributed by atoms with Crippen LogP contribution in [0.15, 0.2) is 35.4 Å². The van der Waals surface area contributed by atoms with Crippen LogP contribution >= 0.6 is 0 Å². The Balaban J connectivity index is 1.66. The second-order valence-corrected chi connectivity index (χ2v) is 6.07. The van der Waals surface area contributed by atoms with Crippen LogP contribution in [0, 0.1) is 0 Å². The molecule has 1 saturated heterocycles. The number of ether oxygens (including phenoxy) is 2. The van der Waals surface area contributed by atoms with E-state index in [9.17, 15) is 14.4 Å². The number of nitrogens with zero attached hydrogens (tertiary/aromatic N) is 3. The smallest absolute Gasteiger partial charge is 0.355 e. The fraction of sp³-hybridized carbons (Fsp3) is 0.444. The van der Waals surface area contributed by atoms with Gasteiger partial charge in [-0.25, -0.2) is 9.80 Å². The van der Waals surface area contributed by atoms with E-state index in [1.807, 2.05) is 6.07 Å². The molecule has 0 aliphatic carbocycles. The highest BCUT2D eigenvalue weighted by Crippen LogP contribution is 2.20. The number of morpholine rings is 1. The van der Waals surface area contributed by atoms with Crippen LogP contribution in [0.4, 0.5) is 5.69 Å². The number of carbonyl (C=O) groups is 3. The first-order valence-corrected chi connectivity index (χ1v) is 8.59. The van der Waals surface area contributed by atoms with Gasteiger partial charge in [-0.1, -0.05) is 18.2 Å². The molecule has 0 spiro atoms. The normalized spacial score (nSPS) is 19.0. The average Bonchev–Trinajstić information content (AvgIpc) is 2.69. The Morgan fingerprint density at radius 3 is 2.54 bits per heavy atom. The lowest BCUT2D eigenvalue weighted by Crippen LogP contribution is -2.46. The molecule has 1 unspecified atom stereocenters.